The quantitative estimate of drug-likeness (QED) is 0.212. The van der Waals surface area contributed by atoms with E-state index in [4.69, 9.17) is 0 Å². The van der Waals surface area contributed by atoms with Gasteiger partial charge >= 0.3 is 41.8 Å². The van der Waals surface area contributed by atoms with Crippen molar-refractivity contribution >= 4 is 11.6 Å². The average Bonchev–Trinajstić information content (AvgIpc) is 2.57. The molecule has 0 bridgehead atoms. The normalized spacial score (nSPS) is 13.3. The molecule has 6 nitrogen and oxygen atoms in total. The number of ketones is 2. The van der Waals surface area contributed by atoms with Crippen LogP contribution in [-0.2, 0) is 26.7 Å². The van der Waals surface area contributed by atoms with Crippen LogP contribution in [0.15, 0.2) is 23.7 Å². The number of halogens is 12. The third-order valence-electron chi connectivity index (χ3n) is 2.64. The van der Waals surface area contributed by atoms with Gasteiger partial charge in [0, 0.05) is 13.1 Å². The van der Waals surface area contributed by atoms with Crippen molar-refractivity contribution in [1.29, 1.82) is 0 Å². The number of allylic oxidation sites excluding steroid dienone is 4. The average molecular weight is 586 g/mol. The first-order valence-corrected chi connectivity index (χ1v) is 8.16. The molecule has 0 atom stereocenters. The Balaban J connectivity index is -0.000000209. The van der Waals surface area contributed by atoms with E-state index in [-0.39, 0.29) is 17.1 Å². The number of hydrogen-bond donors (Lipinski definition) is 0. The summed E-state index contributed by atoms with van der Waals surface area (Å²) < 4.78 is 136. The second-order valence-corrected chi connectivity index (χ2v) is 6.34. The third-order valence-corrected chi connectivity index (χ3v) is 2.64. The molecule has 0 radical (unpaired) electrons. The molecule has 0 spiro atoms. The molecule has 0 saturated carbocycles. The molecular formula is C16H18F12FeN2O4+2. The Labute approximate surface area is 201 Å². The van der Waals surface area contributed by atoms with E-state index in [1.165, 1.54) is 0 Å². The fraction of sp³-hybridized carbons (Fsp3) is 0.625. The van der Waals surface area contributed by atoms with E-state index in [1.54, 1.807) is 0 Å². The van der Waals surface area contributed by atoms with Crippen LogP contribution >= 0.6 is 0 Å². The van der Waals surface area contributed by atoms with Crippen molar-refractivity contribution in [2.45, 2.75) is 24.7 Å². The third kappa shape index (κ3) is 23.5. The number of hydrogen-bond acceptors (Lipinski definition) is 6. The summed E-state index contributed by atoms with van der Waals surface area (Å²) in [4.78, 5) is 24.0. The first kappa shape index (κ1) is 40.2. The van der Waals surface area contributed by atoms with Gasteiger partial charge in [-0.05, 0) is 51.9 Å². The second kappa shape index (κ2) is 15.9. The predicted molar refractivity (Wildman–Crippen MR) is 87.5 cm³/mol. The van der Waals surface area contributed by atoms with Gasteiger partial charge in [0.25, 0.3) is 11.6 Å². The van der Waals surface area contributed by atoms with Crippen LogP contribution in [0.5, 0.6) is 0 Å². The Morgan fingerprint density at radius 1 is 0.571 bits per heavy atom. The van der Waals surface area contributed by atoms with Crippen LogP contribution in [0.2, 0.25) is 0 Å². The van der Waals surface area contributed by atoms with E-state index in [1.807, 2.05) is 0 Å². The summed E-state index contributed by atoms with van der Waals surface area (Å²) in [6.45, 7) is 2.29. The van der Waals surface area contributed by atoms with Gasteiger partial charge in [0.15, 0.2) is 0 Å². The molecule has 0 aromatic carbocycles. The standard InChI is InChI=1S/C6H16N2.2C5H2F6O2.Fe/c1-7(2)5-6-8(3)4;2*6-4(7,8)2(12)1-3(13)5(9,10)11;/h5-6H2,1-4H3;2*1,12H;/q;;;+4/p-2/b;2*2-1-;. The van der Waals surface area contributed by atoms with Crippen LogP contribution in [0, 0.1) is 0 Å². The first-order valence-electron chi connectivity index (χ1n) is 8.16. The summed E-state index contributed by atoms with van der Waals surface area (Å²) in [7, 11) is 8.35. The largest absolute Gasteiger partial charge is 4.00 e. The monoisotopic (exact) mass is 586 g/mol. The molecule has 0 aliphatic carbocycles. The fourth-order valence-corrected chi connectivity index (χ4v) is 0.965. The zero-order valence-corrected chi connectivity index (χ0v) is 19.1. The number of likely N-dealkylation sites (N-methyl/N-ethyl adjacent to an activating group) is 2. The van der Waals surface area contributed by atoms with Gasteiger partial charge in [0.05, 0.1) is 0 Å². The summed E-state index contributed by atoms with van der Waals surface area (Å²) in [6.07, 6.45) is -23.9. The van der Waals surface area contributed by atoms with Crippen molar-refractivity contribution in [3.05, 3.63) is 23.7 Å². The Bertz CT molecular complexity index is 649. The molecule has 206 valence electrons. The summed E-state index contributed by atoms with van der Waals surface area (Å²) in [5, 5.41) is 19.6. The SMILES string of the molecule is CN(C)CCN(C)C.O=C(/C=C(\[O-])C(F)(F)F)C(F)(F)F.O=C(/C=C(\[O-])C(F)(F)F)C(F)(F)F.[Fe+4]. The van der Waals surface area contributed by atoms with Crippen molar-refractivity contribution in [1.82, 2.24) is 9.80 Å². The van der Waals surface area contributed by atoms with Crippen LogP contribution in [0.25, 0.3) is 0 Å². The molecule has 0 aromatic heterocycles. The maximum Gasteiger partial charge on any atom is 4.00 e. The minimum absolute atomic E-state index is 0. The number of carbonyl (C=O) groups excluding carboxylic acids is 2. The molecule has 0 rings (SSSR count). The van der Waals surface area contributed by atoms with Gasteiger partial charge in [0.1, 0.15) is 0 Å². The Kier molecular flexibility index (Phi) is 18.3. The first-order chi connectivity index (χ1) is 14.7. The van der Waals surface area contributed by atoms with Crippen LogP contribution in [0.3, 0.4) is 0 Å². The molecule has 0 N–H and O–H groups in total. The zero-order chi connectivity index (χ0) is 28.3. The minimum Gasteiger partial charge on any atom is -0.869 e. The van der Waals surface area contributed by atoms with Crippen molar-refractivity contribution in [3.8, 4) is 0 Å². The molecule has 0 fully saturated rings. The Morgan fingerprint density at radius 3 is 0.886 bits per heavy atom. The number of alkyl halides is 12. The number of carbonyl (C=O) groups is 2. The van der Waals surface area contributed by atoms with Gasteiger partial charge < -0.3 is 20.0 Å². The Morgan fingerprint density at radius 2 is 0.771 bits per heavy atom. The summed E-state index contributed by atoms with van der Waals surface area (Å²) in [5.41, 5.74) is 0. The summed E-state index contributed by atoms with van der Waals surface area (Å²) in [6, 6.07) is 0. The van der Waals surface area contributed by atoms with Gasteiger partial charge in [-0.3, -0.25) is 9.59 Å². The van der Waals surface area contributed by atoms with Crippen LogP contribution in [0.4, 0.5) is 52.7 Å². The van der Waals surface area contributed by atoms with E-state index in [9.17, 15) is 72.5 Å². The maximum absolute atomic E-state index is 11.3. The van der Waals surface area contributed by atoms with Gasteiger partial charge in [-0.2, -0.15) is 52.7 Å². The fourth-order valence-electron chi connectivity index (χ4n) is 0.965. The second-order valence-electron chi connectivity index (χ2n) is 6.34. The van der Waals surface area contributed by atoms with Crippen LogP contribution in [0.1, 0.15) is 0 Å². The van der Waals surface area contributed by atoms with Gasteiger partial charge in [0.2, 0.25) is 0 Å². The van der Waals surface area contributed by atoms with Crippen molar-refractivity contribution in [2.75, 3.05) is 41.3 Å². The van der Waals surface area contributed by atoms with Crippen molar-refractivity contribution < 1.29 is 89.6 Å². The topological polar surface area (TPSA) is 86.7 Å². The van der Waals surface area contributed by atoms with Crippen molar-refractivity contribution in [2.24, 2.45) is 0 Å². The van der Waals surface area contributed by atoms with E-state index in [2.05, 4.69) is 38.0 Å². The van der Waals surface area contributed by atoms with Crippen LogP contribution in [-0.4, -0.2) is 87.4 Å². The molecule has 0 amide bonds. The van der Waals surface area contributed by atoms with Gasteiger partial charge in [-0.15, -0.1) is 0 Å². The Hall–Kier alpha value is -1.98. The molecule has 0 unspecified atom stereocenters. The molecule has 0 heterocycles. The summed E-state index contributed by atoms with van der Waals surface area (Å²) in [5.74, 6) is -11.3. The molecule has 19 heteroatoms. The zero-order valence-electron chi connectivity index (χ0n) is 18.0. The molecule has 0 aromatic rings. The molecule has 35 heavy (non-hydrogen) atoms. The van der Waals surface area contributed by atoms with E-state index >= 15 is 0 Å². The van der Waals surface area contributed by atoms with E-state index in [0.29, 0.717) is 0 Å². The van der Waals surface area contributed by atoms with Gasteiger partial charge in [-0.1, -0.05) is 0 Å². The minimum atomic E-state index is -5.46. The van der Waals surface area contributed by atoms with E-state index < -0.39 is 59.9 Å². The maximum atomic E-state index is 11.3. The number of rotatable bonds is 5. The predicted octanol–water partition coefficient (Wildman–Crippen LogP) is 1.96. The number of nitrogens with zero attached hydrogens (tertiary/aromatic N) is 2. The molecule has 0 aliphatic rings. The summed E-state index contributed by atoms with van der Waals surface area (Å²) >= 11 is 0. The van der Waals surface area contributed by atoms with E-state index in [0.717, 1.165) is 13.1 Å². The smallest absolute Gasteiger partial charge is 0.869 e. The van der Waals surface area contributed by atoms with Crippen molar-refractivity contribution in [3.63, 3.8) is 0 Å². The molecule has 0 saturated heterocycles. The van der Waals surface area contributed by atoms with Crippen LogP contribution < -0.4 is 10.2 Å². The molecule has 0 aliphatic heterocycles. The molecular weight excluding hydrogens is 568 g/mol. The van der Waals surface area contributed by atoms with Gasteiger partial charge in [-0.25, -0.2) is 0 Å².